The standard InChI is InChI=1S/C20H31N3O2/c1-15-9-10-23(14-15)11-12-25-18-7-5-17(6-8-18)22-20(24)19-4-2-3-16(19)13-21/h5-8,15-16,19H,2-4,9-14,21H2,1H3,(H,22,24)/t15?,16-,19-/m1/s1. The lowest BCUT2D eigenvalue weighted by molar-refractivity contribution is -0.120. The van der Waals surface area contributed by atoms with E-state index in [2.05, 4.69) is 17.1 Å². The highest BCUT2D eigenvalue weighted by molar-refractivity contribution is 5.93. The second-order valence-electron chi connectivity index (χ2n) is 7.59. The lowest BCUT2D eigenvalue weighted by Gasteiger charge is -2.18. The highest BCUT2D eigenvalue weighted by Gasteiger charge is 2.31. The molecule has 0 aromatic heterocycles. The van der Waals surface area contributed by atoms with E-state index in [1.807, 2.05) is 24.3 Å². The molecule has 0 bridgehead atoms. The summed E-state index contributed by atoms with van der Waals surface area (Å²) in [5.41, 5.74) is 6.60. The Kier molecular flexibility index (Phi) is 6.32. The second kappa shape index (κ2) is 8.68. The molecule has 2 fully saturated rings. The molecule has 138 valence electrons. The quantitative estimate of drug-likeness (QED) is 0.797. The number of amides is 1. The van der Waals surface area contributed by atoms with Crippen molar-refractivity contribution in [1.29, 1.82) is 0 Å². The van der Waals surface area contributed by atoms with E-state index in [4.69, 9.17) is 10.5 Å². The van der Waals surface area contributed by atoms with Crippen molar-refractivity contribution >= 4 is 11.6 Å². The van der Waals surface area contributed by atoms with Gasteiger partial charge in [-0.3, -0.25) is 9.69 Å². The van der Waals surface area contributed by atoms with Crippen molar-refractivity contribution in [1.82, 2.24) is 4.90 Å². The minimum absolute atomic E-state index is 0.0591. The predicted octanol–water partition coefficient (Wildman–Crippen LogP) is 2.72. The number of carbonyl (C=O) groups is 1. The molecular formula is C20H31N3O2. The van der Waals surface area contributed by atoms with Gasteiger partial charge in [-0.1, -0.05) is 13.3 Å². The third-order valence-corrected chi connectivity index (χ3v) is 5.60. The largest absolute Gasteiger partial charge is 0.492 e. The number of nitrogens with two attached hydrogens (primary N) is 1. The maximum Gasteiger partial charge on any atom is 0.227 e. The van der Waals surface area contributed by atoms with Crippen LogP contribution < -0.4 is 15.8 Å². The smallest absolute Gasteiger partial charge is 0.227 e. The zero-order valence-corrected chi connectivity index (χ0v) is 15.2. The van der Waals surface area contributed by atoms with E-state index in [0.717, 1.165) is 43.2 Å². The number of carbonyl (C=O) groups excluding carboxylic acids is 1. The lowest BCUT2D eigenvalue weighted by Crippen LogP contribution is -2.29. The van der Waals surface area contributed by atoms with E-state index in [1.165, 1.54) is 19.5 Å². The summed E-state index contributed by atoms with van der Waals surface area (Å²) in [4.78, 5) is 14.9. The molecule has 0 spiro atoms. The fourth-order valence-electron chi connectivity index (χ4n) is 4.06. The molecule has 1 aliphatic carbocycles. The van der Waals surface area contributed by atoms with Gasteiger partial charge >= 0.3 is 0 Å². The van der Waals surface area contributed by atoms with Crippen molar-refractivity contribution < 1.29 is 9.53 Å². The van der Waals surface area contributed by atoms with Crippen molar-refractivity contribution in [2.75, 3.05) is 38.1 Å². The molecule has 1 aliphatic heterocycles. The van der Waals surface area contributed by atoms with Crippen molar-refractivity contribution in [3.63, 3.8) is 0 Å². The first-order chi connectivity index (χ1) is 12.2. The van der Waals surface area contributed by atoms with Gasteiger partial charge in [0, 0.05) is 24.7 Å². The molecule has 0 radical (unpaired) electrons. The maximum absolute atomic E-state index is 12.4. The zero-order valence-electron chi connectivity index (χ0n) is 15.2. The zero-order chi connectivity index (χ0) is 17.6. The van der Waals surface area contributed by atoms with Gasteiger partial charge in [0.05, 0.1) is 0 Å². The van der Waals surface area contributed by atoms with Crippen LogP contribution in [-0.4, -0.2) is 43.6 Å². The number of anilines is 1. The summed E-state index contributed by atoms with van der Waals surface area (Å²) >= 11 is 0. The van der Waals surface area contributed by atoms with Crippen LogP contribution in [0.15, 0.2) is 24.3 Å². The molecule has 1 aromatic rings. The molecule has 1 unspecified atom stereocenters. The van der Waals surface area contributed by atoms with E-state index in [9.17, 15) is 4.79 Å². The average molecular weight is 345 g/mol. The third kappa shape index (κ3) is 4.95. The molecule has 3 N–H and O–H groups in total. The number of nitrogens with zero attached hydrogens (tertiary/aromatic N) is 1. The molecule has 1 saturated carbocycles. The Labute approximate surface area is 150 Å². The van der Waals surface area contributed by atoms with Crippen LogP contribution in [0.3, 0.4) is 0 Å². The fourth-order valence-corrected chi connectivity index (χ4v) is 4.06. The molecule has 3 atom stereocenters. The summed E-state index contributed by atoms with van der Waals surface area (Å²) in [6.07, 6.45) is 4.41. The van der Waals surface area contributed by atoms with Gasteiger partial charge in [-0.25, -0.2) is 0 Å². The summed E-state index contributed by atoms with van der Waals surface area (Å²) in [6.45, 7) is 6.94. The number of hydrogen-bond acceptors (Lipinski definition) is 4. The molecule has 3 rings (SSSR count). The van der Waals surface area contributed by atoms with Crippen LogP contribution in [-0.2, 0) is 4.79 Å². The molecule has 25 heavy (non-hydrogen) atoms. The Balaban J connectivity index is 1.43. The number of hydrogen-bond donors (Lipinski definition) is 2. The summed E-state index contributed by atoms with van der Waals surface area (Å²) in [7, 11) is 0. The summed E-state index contributed by atoms with van der Waals surface area (Å²) in [6, 6.07) is 7.68. The first-order valence-corrected chi connectivity index (χ1v) is 9.62. The SMILES string of the molecule is CC1CCN(CCOc2ccc(NC(=O)[C@@H]3CCC[C@@H]3CN)cc2)C1. The minimum Gasteiger partial charge on any atom is -0.492 e. The van der Waals surface area contributed by atoms with Gasteiger partial charge in [-0.2, -0.15) is 0 Å². The van der Waals surface area contributed by atoms with E-state index in [1.54, 1.807) is 0 Å². The molecule has 2 aliphatic rings. The van der Waals surface area contributed by atoms with E-state index in [0.29, 0.717) is 19.1 Å². The first kappa shape index (κ1) is 18.2. The van der Waals surface area contributed by atoms with Crippen LogP contribution in [0.25, 0.3) is 0 Å². The lowest BCUT2D eigenvalue weighted by atomic mass is 9.95. The topological polar surface area (TPSA) is 67.6 Å². The number of benzene rings is 1. The Morgan fingerprint density at radius 1 is 1.28 bits per heavy atom. The van der Waals surface area contributed by atoms with Crippen molar-refractivity contribution in [2.45, 2.75) is 32.6 Å². The van der Waals surface area contributed by atoms with Gasteiger partial charge < -0.3 is 15.8 Å². The molecule has 1 heterocycles. The summed E-state index contributed by atoms with van der Waals surface area (Å²) in [5.74, 6) is 2.15. The molecule has 1 amide bonds. The molecule has 5 heteroatoms. The van der Waals surface area contributed by atoms with Gasteiger partial charge in [0.2, 0.25) is 5.91 Å². The number of nitrogens with one attached hydrogen (secondary N) is 1. The molecular weight excluding hydrogens is 314 g/mol. The normalized spacial score (nSPS) is 26.7. The Morgan fingerprint density at radius 2 is 2.08 bits per heavy atom. The van der Waals surface area contributed by atoms with Crippen molar-refractivity contribution in [3.8, 4) is 5.75 Å². The Hall–Kier alpha value is -1.59. The third-order valence-electron chi connectivity index (χ3n) is 5.60. The Bertz CT molecular complexity index is 561. The minimum atomic E-state index is 0.0591. The summed E-state index contributed by atoms with van der Waals surface area (Å²) < 4.78 is 5.83. The van der Waals surface area contributed by atoms with E-state index < -0.39 is 0 Å². The van der Waals surface area contributed by atoms with Crippen LogP contribution >= 0.6 is 0 Å². The number of rotatable bonds is 7. The highest BCUT2D eigenvalue weighted by Crippen LogP contribution is 2.32. The van der Waals surface area contributed by atoms with Crippen molar-refractivity contribution in [2.24, 2.45) is 23.5 Å². The van der Waals surface area contributed by atoms with Gasteiger partial charge in [0.15, 0.2) is 0 Å². The van der Waals surface area contributed by atoms with E-state index in [-0.39, 0.29) is 11.8 Å². The molecule has 1 aromatic carbocycles. The van der Waals surface area contributed by atoms with Gasteiger partial charge in [0.1, 0.15) is 12.4 Å². The van der Waals surface area contributed by atoms with Crippen molar-refractivity contribution in [3.05, 3.63) is 24.3 Å². The first-order valence-electron chi connectivity index (χ1n) is 9.62. The van der Waals surface area contributed by atoms with Crippen LogP contribution in [0.4, 0.5) is 5.69 Å². The highest BCUT2D eigenvalue weighted by atomic mass is 16.5. The molecule has 5 nitrogen and oxygen atoms in total. The average Bonchev–Trinajstić information content (AvgIpc) is 3.25. The van der Waals surface area contributed by atoms with E-state index >= 15 is 0 Å². The predicted molar refractivity (Wildman–Crippen MR) is 101 cm³/mol. The van der Waals surface area contributed by atoms with Gasteiger partial charge in [-0.15, -0.1) is 0 Å². The number of likely N-dealkylation sites (tertiary alicyclic amines) is 1. The van der Waals surface area contributed by atoms with Gasteiger partial charge in [-0.05, 0) is 68.5 Å². The maximum atomic E-state index is 12.4. The fraction of sp³-hybridized carbons (Fsp3) is 0.650. The molecule has 1 saturated heterocycles. The number of ether oxygens (including phenoxy) is 1. The van der Waals surface area contributed by atoms with Crippen LogP contribution in [0.2, 0.25) is 0 Å². The van der Waals surface area contributed by atoms with Gasteiger partial charge in [0.25, 0.3) is 0 Å². The van der Waals surface area contributed by atoms with Crippen LogP contribution in [0.1, 0.15) is 32.6 Å². The second-order valence-corrected chi connectivity index (χ2v) is 7.59. The monoisotopic (exact) mass is 345 g/mol. The van der Waals surface area contributed by atoms with Crippen LogP contribution in [0.5, 0.6) is 5.75 Å². The Morgan fingerprint density at radius 3 is 2.76 bits per heavy atom. The summed E-state index contributed by atoms with van der Waals surface area (Å²) in [5, 5.41) is 3.02. The van der Waals surface area contributed by atoms with Crippen LogP contribution in [0, 0.1) is 17.8 Å².